The molecule has 0 aliphatic rings. The van der Waals surface area contributed by atoms with Crippen molar-refractivity contribution in [3.63, 3.8) is 0 Å². The summed E-state index contributed by atoms with van der Waals surface area (Å²) in [6.45, 7) is 1.43. The third-order valence-electron chi connectivity index (χ3n) is 1.40. The first-order valence-corrected chi connectivity index (χ1v) is 4.08. The molecular formula is C8H8NaO3P. The first kappa shape index (κ1) is 12.8. The van der Waals surface area contributed by atoms with Crippen molar-refractivity contribution < 1.29 is 13.9 Å². The first-order valence-electron chi connectivity index (χ1n) is 3.35. The van der Waals surface area contributed by atoms with E-state index in [1.165, 1.54) is 6.92 Å². The van der Waals surface area contributed by atoms with Crippen LogP contribution in [0.25, 0.3) is 0 Å². The van der Waals surface area contributed by atoms with E-state index >= 15 is 0 Å². The predicted molar refractivity (Wildman–Crippen MR) is 51.8 cm³/mol. The van der Waals surface area contributed by atoms with Gasteiger partial charge in [-0.15, -0.1) is 0 Å². The van der Waals surface area contributed by atoms with Crippen molar-refractivity contribution in [2.75, 3.05) is 0 Å². The molecule has 0 radical (unpaired) electrons. The monoisotopic (exact) mass is 206 g/mol. The molecule has 0 unspecified atom stereocenters. The summed E-state index contributed by atoms with van der Waals surface area (Å²) in [6, 6.07) is 6.67. The maximum atomic E-state index is 11.0. The second-order valence-electron chi connectivity index (χ2n) is 2.22. The number of hydrogen-bond acceptors (Lipinski definition) is 3. The average Bonchev–Trinajstić information content (AvgIpc) is 2.05. The Morgan fingerprint density at radius 1 is 1.38 bits per heavy atom. The Morgan fingerprint density at radius 2 is 2.00 bits per heavy atom. The predicted octanol–water partition coefficient (Wildman–Crippen LogP) is 1.83. The van der Waals surface area contributed by atoms with Crippen LogP contribution in [0.3, 0.4) is 0 Å². The summed E-state index contributed by atoms with van der Waals surface area (Å²) >= 11 is 0. The van der Waals surface area contributed by atoms with Gasteiger partial charge in [0, 0.05) is 0 Å². The van der Waals surface area contributed by atoms with E-state index in [9.17, 15) is 9.36 Å². The van der Waals surface area contributed by atoms with Gasteiger partial charge in [-0.05, 0) is 19.1 Å². The summed E-state index contributed by atoms with van der Waals surface area (Å²) in [7, 11) is -0.447. The van der Waals surface area contributed by atoms with E-state index in [1.54, 1.807) is 24.3 Å². The van der Waals surface area contributed by atoms with Crippen LogP contribution < -0.4 is 4.52 Å². The second-order valence-corrected chi connectivity index (χ2v) is 2.55. The van der Waals surface area contributed by atoms with E-state index in [0.29, 0.717) is 11.3 Å². The zero-order chi connectivity index (χ0) is 8.97. The Morgan fingerprint density at radius 3 is 2.54 bits per heavy atom. The summed E-state index contributed by atoms with van der Waals surface area (Å²) in [4.78, 5) is 11.0. The van der Waals surface area contributed by atoms with Crippen LogP contribution in [0.15, 0.2) is 24.3 Å². The fraction of sp³-hybridized carbons (Fsp3) is 0.125. The number of hydrogen-bond donors (Lipinski definition) is 0. The number of carbonyl (C=O) groups excluding carboxylic acids is 1. The van der Waals surface area contributed by atoms with Gasteiger partial charge in [0.2, 0.25) is 0 Å². The van der Waals surface area contributed by atoms with Crippen LogP contribution in [0.2, 0.25) is 0 Å². The Kier molecular flexibility index (Phi) is 6.17. The average molecular weight is 206 g/mol. The molecular weight excluding hydrogens is 198 g/mol. The Bertz CT molecular complexity index is 314. The zero-order valence-electron chi connectivity index (χ0n) is 6.48. The molecule has 0 amide bonds. The van der Waals surface area contributed by atoms with Crippen molar-refractivity contribution in [1.82, 2.24) is 0 Å². The number of para-hydroxylation sites is 1. The molecule has 0 N–H and O–H groups in total. The molecule has 0 spiro atoms. The van der Waals surface area contributed by atoms with E-state index < -0.39 is 8.69 Å². The number of benzene rings is 1. The molecule has 13 heavy (non-hydrogen) atoms. The second kappa shape index (κ2) is 6.28. The van der Waals surface area contributed by atoms with E-state index in [1.807, 2.05) is 0 Å². The zero-order valence-corrected chi connectivity index (χ0v) is 7.38. The standard InChI is InChI=1S/C8H7O3P.Na.H/c1-6(9)7-4-2-3-5-8(7)11-12-10;;/h2-5H,1H3;;. The molecule has 0 aromatic heterocycles. The van der Waals surface area contributed by atoms with Gasteiger partial charge < -0.3 is 4.52 Å². The SMILES string of the molecule is CC(=O)c1ccccc1OP=O.[NaH]. The van der Waals surface area contributed by atoms with Gasteiger partial charge in [0.15, 0.2) is 5.78 Å². The number of carbonyl (C=O) groups is 1. The van der Waals surface area contributed by atoms with Gasteiger partial charge in [0.1, 0.15) is 5.75 Å². The van der Waals surface area contributed by atoms with Crippen LogP contribution in [0.5, 0.6) is 5.75 Å². The van der Waals surface area contributed by atoms with Crippen LogP contribution in [-0.2, 0) is 4.57 Å². The minimum atomic E-state index is -0.447. The van der Waals surface area contributed by atoms with Gasteiger partial charge in [-0.3, -0.25) is 4.79 Å². The number of ketones is 1. The van der Waals surface area contributed by atoms with Crippen molar-refractivity contribution in [2.45, 2.75) is 6.92 Å². The summed E-state index contributed by atoms with van der Waals surface area (Å²) in [5, 5.41) is 0. The molecule has 1 aromatic carbocycles. The summed E-state index contributed by atoms with van der Waals surface area (Å²) in [6.07, 6.45) is 0. The molecule has 0 aliphatic heterocycles. The molecule has 0 saturated carbocycles. The molecule has 0 aliphatic carbocycles. The molecule has 5 heteroatoms. The third kappa shape index (κ3) is 3.57. The molecule has 0 bridgehead atoms. The van der Waals surface area contributed by atoms with Gasteiger partial charge in [-0.1, -0.05) is 12.1 Å². The fourth-order valence-corrected chi connectivity index (χ4v) is 1.12. The Hall–Kier alpha value is -0.210. The third-order valence-corrected chi connectivity index (χ3v) is 1.67. The molecule has 0 atom stereocenters. The van der Waals surface area contributed by atoms with Crippen molar-refractivity contribution in [3.8, 4) is 5.75 Å². The van der Waals surface area contributed by atoms with Gasteiger partial charge in [0.25, 0.3) is 0 Å². The van der Waals surface area contributed by atoms with E-state index in [4.69, 9.17) is 4.52 Å². The molecule has 0 saturated heterocycles. The van der Waals surface area contributed by atoms with Crippen LogP contribution in [-0.4, -0.2) is 35.3 Å². The van der Waals surface area contributed by atoms with Crippen LogP contribution >= 0.6 is 8.69 Å². The topological polar surface area (TPSA) is 43.4 Å². The molecule has 0 fully saturated rings. The van der Waals surface area contributed by atoms with Gasteiger partial charge in [-0.25, -0.2) is 4.57 Å². The van der Waals surface area contributed by atoms with Crippen molar-refractivity contribution in [2.24, 2.45) is 0 Å². The molecule has 0 heterocycles. The van der Waals surface area contributed by atoms with Gasteiger partial charge in [0.05, 0.1) is 5.56 Å². The van der Waals surface area contributed by atoms with Gasteiger partial charge in [-0.2, -0.15) is 0 Å². The van der Waals surface area contributed by atoms with Crippen molar-refractivity contribution in [1.29, 1.82) is 0 Å². The van der Waals surface area contributed by atoms with Crippen LogP contribution in [0, 0.1) is 0 Å². The Balaban J connectivity index is 0.00000144. The van der Waals surface area contributed by atoms with Gasteiger partial charge >= 0.3 is 38.2 Å². The van der Waals surface area contributed by atoms with Crippen LogP contribution in [0.1, 0.15) is 17.3 Å². The first-order chi connectivity index (χ1) is 5.75. The maximum absolute atomic E-state index is 11.0. The number of rotatable bonds is 3. The van der Waals surface area contributed by atoms with Crippen LogP contribution in [0.4, 0.5) is 0 Å². The fourth-order valence-electron chi connectivity index (χ4n) is 0.877. The molecule has 1 rings (SSSR count). The molecule has 64 valence electrons. The normalized spacial score (nSPS) is 9.00. The number of Topliss-reactive ketones (excluding diaryl/α,β-unsaturated/α-hetero) is 1. The van der Waals surface area contributed by atoms with E-state index in [-0.39, 0.29) is 35.3 Å². The van der Waals surface area contributed by atoms with E-state index in [0.717, 1.165) is 0 Å². The molecule has 3 nitrogen and oxygen atoms in total. The summed E-state index contributed by atoms with van der Waals surface area (Å²) in [5.41, 5.74) is 0.445. The quantitative estimate of drug-likeness (QED) is 0.430. The Labute approximate surface area is 100 Å². The minimum absolute atomic E-state index is 0. The van der Waals surface area contributed by atoms with Crippen molar-refractivity contribution in [3.05, 3.63) is 29.8 Å². The summed E-state index contributed by atoms with van der Waals surface area (Å²) in [5.74, 6) is 0.246. The van der Waals surface area contributed by atoms with E-state index in [2.05, 4.69) is 0 Å². The summed E-state index contributed by atoms with van der Waals surface area (Å²) < 4.78 is 14.8. The van der Waals surface area contributed by atoms with Crippen molar-refractivity contribution >= 4 is 44.0 Å². The molecule has 1 aromatic rings.